The van der Waals surface area contributed by atoms with Gasteiger partial charge in [-0.2, -0.15) is 0 Å². The van der Waals surface area contributed by atoms with Crippen LogP contribution in [0.5, 0.6) is 5.75 Å². The Kier molecular flexibility index (Phi) is 8.89. The van der Waals surface area contributed by atoms with E-state index in [0.29, 0.717) is 12.6 Å². The summed E-state index contributed by atoms with van der Waals surface area (Å²) in [4.78, 5) is 25.7. The third-order valence-electron chi connectivity index (χ3n) is 8.57. The smallest absolute Gasteiger partial charge is 0.319 e. The third-order valence-corrected chi connectivity index (χ3v) is 8.57. The first kappa shape index (κ1) is 28.1. The van der Waals surface area contributed by atoms with Crippen molar-refractivity contribution in [2.75, 3.05) is 49.5 Å². The molecule has 4 aromatic rings. The van der Waals surface area contributed by atoms with E-state index in [4.69, 9.17) is 9.72 Å². The lowest BCUT2D eigenvalue weighted by molar-refractivity contribution is 0.200. The van der Waals surface area contributed by atoms with Crippen LogP contribution in [-0.4, -0.2) is 66.3 Å². The SMILES string of the molecule is CCc1ccc(-c2nc3c(N4CCN(CCOc5ccc(NC(=O)NC6CCCCC6)cc5)CC4)cccc3[nH]2)cc1. The first-order chi connectivity index (χ1) is 20.6. The Balaban J connectivity index is 0.962. The van der Waals surface area contributed by atoms with E-state index in [-0.39, 0.29) is 6.03 Å². The predicted octanol–water partition coefficient (Wildman–Crippen LogP) is 6.45. The van der Waals surface area contributed by atoms with Gasteiger partial charge in [-0.1, -0.05) is 56.5 Å². The molecule has 0 radical (unpaired) electrons. The molecule has 1 aliphatic carbocycles. The third kappa shape index (κ3) is 6.87. The predicted molar refractivity (Wildman–Crippen MR) is 171 cm³/mol. The van der Waals surface area contributed by atoms with Crippen LogP contribution in [0.2, 0.25) is 0 Å². The number of urea groups is 1. The van der Waals surface area contributed by atoms with Gasteiger partial charge in [0.15, 0.2) is 0 Å². The van der Waals surface area contributed by atoms with Crippen molar-refractivity contribution < 1.29 is 9.53 Å². The summed E-state index contributed by atoms with van der Waals surface area (Å²) < 4.78 is 6.02. The number of ether oxygens (including phenoxy) is 1. The number of H-pyrrole nitrogens is 1. The maximum absolute atomic E-state index is 12.3. The monoisotopic (exact) mass is 566 g/mol. The van der Waals surface area contributed by atoms with E-state index in [0.717, 1.165) is 85.8 Å². The molecule has 1 aromatic heterocycles. The minimum absolute atomic E-state index is 0.125. The van der Waals surface area contributed by atoms with E-state index >= 15 is 0 Å². The van der Waals surface area contributed by atoms with Gasteiger partial charge in [-0.15, -0.1) is 0 Å². The van der Waals surface area contributed by atoms with Gasteiger partial charge in [0, 0.05) is 50.0 Å². The Labute approximate surface area is 248 Å². The number of hydrogen-bond acceptors (Lipinski definition) is 5. The van der Waals surface area contributed by atoms with Gasteiger partial charge >= 0.3 is 6.03 Å². The fraction of sp³-hybridized carbons (Fsp3) is 0.412. The number of benzene rings is 3. The molecule has 2 amide bonds. The van der Waals surface area contributed by atoms with Crippen molar-refractivity contribution in [3.63, 3.8) is 0 Å². The second-order valence-electron chi connectivity index (χ2n) is 11.4. The summed E-state index contributed by atoms with van der Waals surface area (Å²) in [5, 5.41) is 6.03. The Morgan fingerprint density at radius 3 is 2.45 bits per heavy atom. The van der Waals surface area contributed by atoms with Crippen LogP contribution in [0.15, 0.2) is 66.7 Å². The van der Waals surface area contributed by atoms with Gasteiger partial charge in [0.25, 0.3) is 0 Å². The number of carbonyl (C=O) groups is 1. The van der Waals surface area contributed by atoms with Gasteiger partial charge < -0.3 is 25.3 Å². The molecule has 3 N–H and O–H groups in total. The van der Waals surface area contributed by atoms with Gasteiger partial charge in [0.05, 0.1) is 11.2 Å². The van der Waals surface area contributed by atoms with Crippen molar-refractivity contribution in [2.24, 2.45) is 0 Å². The minimum Gasteiger partial charge on any atom is -0.492 e. The number of para-hydroxylation sites is 1. The highest BCUT2D eigenvalue weighted by Crippen LogP contribution is 2.29. The lowest BCUT2D eigenvalue weighted by atomic mass is 9.96. The summed E-state index contributed by atoms with van der Waals surface area (Å²) in [6.45, 7) is 7.55. The van der Waals surface area contributed by atoms with Gasteiger partial charge in [0.2, 0.25) is 0 Å². The highest BCUT2D eigenvalue weighted by atomic mass is 16.5. The molecule has 2 heterocycles. The van der Waals surface area contributed by atoms with Gasteiger partial charge in [-0.3, -0.25) is 4.90 Å². The van der Waals surface area contributed by atoms with Gasteiger partial charge in [-0.05, 0) is 61.2 Å². The maximum atomic E-state index is 12.3. The number of rotatable bonds is 9. The molecule has 8 heteroatoms. The maximum Gasteiger partial charge on any atom is 0.319 e. The van der Waals surface area contributed by atoms with E-state index in [2.05, 4.69) is 74.8 Å². The number of aryl methyl sites for hydroxylation is 1. The molecule has 0 spiro atoms. The molecule has 0 bridgehead atoms. The van der Waals surface area contributed by atoms with Gasteiger partial charge in [0.1, 0.15) is 23.7 Å². The number of imidazole rings is 1. The van der Waals surface area contributed by atoms with E-state index < -0.39 is 0 Å². The number of nitrogens with zero attached hydrogens (tertiary/aromatic N) is 3. The molecule has 1 saturated carbocycles. The number of anilines is 2. The molecule has 1 saturated heterocycles. The largest absolute Gasteiger partial charge is 0.492 e. The molecule has 2 aliphatic rings. The zero-order valence-corrected chi connectivity index (χ0v) is 24.6. The first-order valence-corrected chi connectivity index (χ1v) is 15.5. The number of nitrogens with one attached hydrogen (secondary N) is 3. The van der Waals surface area contributed by atoms with Crippen LogP contribution in [0.3, 0.4) is 0 Å². The number of amides is 2. The van der Waals surface area contributed by atoms with Crippen LogP contribution < -0.4 is 20.3 Å². The van der Waals surface area contributed by atoms with Crippen LogP contribution in [0.4, 0.5) is 16.2 Å². The number of carbonyl (C=O) groups excluding carboxylic acids is 1. The highest BCUT2D eigenvalue weighted by Gasteiger charge is 2.20. The summed E-state index contributed by atoms with van der Waals surface area (Å²) in [5.41, 5.74) is 6.53. The fourth-order valence-electron chi connectivity index (χ4n) is 6.05. The van der Waals surface area contributed by atoms with Crippen molar-refractivity contribution in [2.45, 2.75) is 51.5 Å². The standard InChI is InChI=1S/C34H42N6O2/c1-2-25-11-13-26(14-12-25)33-37-30-9-6-10-31(32(30)38-33)40-21-19-39(20-22-40)23-24-42-29-17-15-28(16-18-29)36-34(41)35-27-7-4-3-5-8-27/h6,9-18,27H,2-5,7-8,19-24H2,1H3,(H,37,38)(H2,35,36,41). The van der Waals surface area contributed by atoms with E-state index in [1.165, 1.54) is 30.5 Å². The van der Waals surface area contributed by atoms with Crippen molar-refractivity contribution in [1.82, 2.24) is 20.2 Å². The van der Waals surface area contributed by atoms with Crippen LogP contribution in [0, 0.1) is 0 Å². The first-order valence-electron chi connectivity index (χ1n) is 15.5. The molecule has 220 valence electrons. The van der Waals surface area contributed by atoms with Gasteiger partial charge in [-0.25, -0.2) is 9.78 Å². The Hall–Kier alpha value is -4.04. The summed E-state index contributed by atoms with van der Waals surface area (Å²) in [6.07, 6.45) is 6.86. The quantitative estimate of drug-likeness (QED) is 0.217. The summed E-state index contributed by atoms with van der Waals surface area (Å²) in [7, 11) is 0. The second-order valence-corrected chi connectivity index (χ2v) is 11.4. The second kappa shape index (κ2) is 13.3. The summed E-state index contributed by atoms with van der Waals surface area (Å²) >= 11 is 0. The van der Waals surface area contributed by atoms with Crippen LogP contribution in [0.1, 0.15) is 44.6 Å². The molecule has 0 unspecified atom stereocenters. The van der Waals surface area contributed by atoms with Crippen molar-refractivity contribution in [3.05, 3.63) is 72.3 Å². The molecule has 0 atom stereocenters. The highest BCUT2D eigenvalue weighted by molar-refractivity contribution is 5.91. The molecular formula is C34H42N6O2. The fourth-order valence-corrected chi connectivity index (χ4v) is 6.05. The number of aromatic nitrogens is 2. The molecule has 8 nitrogen and oxygen atoms in total. The van der Waals surface area contributed by atoms with Crippen molar-refractivity contribution in [1.29, 1.82) is 0 Å². The molecule has 3 aromatic carbocycles. The zero-order chi connectivity index (χ0) is 28.7. The molecule has 2 fully saturated rings. The van der Waals surface area contributed by atoms with E-state index in [1.54, 1.807) is 0 Å². The lowest BCUT2D eigenvalue weighted by Gasteiger charge is -2.36. The van der Waals surface area contributed by atoms with Crippen molar-refractivity contribution in [3.8, 4) is 17.1 Å². The average molecular weight is 567 g/mol. The summed E-state index contributed by atoms with van der Waals surface area (Å²) in [6, 6.07) is 22.9. The van der Waals surface area contributed by atoms with Crippen LogP contribution in [-0.2, 0) is 6.42 Å². The molecule has 6 rings (SSSR count). The molecule has 1 aliphatic heterocycles. The topological polar surface area (TPSA) is 85.5 Å². The molecule has 42 heavy (non-hydrogen) atoms. The number of hydrogen-bond donors (Lipinski definition) is 3. The van der Waals surface area contributed by atoms with E-state index in [9.17, 15) is 4.79 Å². The average Bonchev–Trinajstić information content (AvgIpc) is 3.48. The Bertz CT molecular complexity index is 1450. The minimum atomic E-state index is -0.125. The Morgan fingerprint density at radius 1 is 0.952 bits per heavy atom. The lowest BCUT2D eigenvalue weighted by Crippen LogP contribution is -2.47. The van der Waals surface area contributed by atoms with Crippen molar-refractivity contribution >= 4 is 28.4 Å². The normalized spacial score (nSPS) is 16.5. The number of aromatic amines is 1. The Morgan fingerprint density at radius 2 is 1.71 bits per heavy atom. The summed E-state index contributed by atoms with van der Waals surface area (Å²) in [5.74, 6) is 1.74. The molecular weight excluding hydrogens is 524 g/mol. The van der Waals surface area contributed by atoms with Crippen LogP contribution >= 0.6 is 0 Å². The number of piperazine rings is 1. The van der Waals surface area contributed by atoms with E-state index in [1.807, 2.05) is 24.3 Å². The zero-order valence-electron chi connectivity index (χ0n) is 24.6. The number of fused-ring (bicyclic) bond motifs is 1. The van der Waals surface area contributed by atoms with Crippen LogP contribution in [0.25, 0.3) is 22.4 Å².